The Labute approximate surface area is 209 Å². The third-order valence-corrected chi connectivity index (χ3v) is 6.15. The van der Waals surface area contributed by atoms with Gasteiger partial charge in [-0.05, 0) is 18.6 Å². The smallest absolute Gasteiger partial charge is 0.292 e. The van der Waals surface area contributed by atoms with E-state index >= 15 is 0 Å². The van der Waals surface area contributed by atoms with Gasteiger partial charge in [0.25, 0.3) is 5.91 Å². The molecule has 8 heteroatoms. The van der Waals surface area contributed by atoms with Crippen LogP contribution in [0.3, 0.4) is 0 Å². The van der Waals surface area contributed by atoms with Crippen LogP contribution in [0.2, 0.25) is 0 Å². The molecular formula is C28H27N5O3. The highest BCUT2D eigenvalue weighted by molar-refractivity contribution is 5.94. The minimum atomic E-state index is -0.198. The van der Waals surface area contributed by atoms with Gasteiger partial charge in [-0.1, -0.05) is 65.8 Å². The van der Waals surface area contributed by atoms with Gasteiger partial charge in [-0.3, -0.25) is 14.3 Å². The van der Waals surface area contributed by atoms with Crippen molar-refractivity contribution in [1.82, 2.24) is 24.7 Å². The second kappa shape index (κ2) is 10.4. The van der Waals surface area contributed by atoms with Crippen LogP contribution in [-0.4, -0.2) is 62.7 Å². The van der Waals surface area contributed by atoms with Crippen LogP contribution in [0.5, 0.6) is 0 Å². The number of amides is 2. The number of nitrogens with zero attached hydrogens (tertiary/aromatic N) is 5. The van der Waals surface area contributed by atoms with E-state index in [0.717, 1.165) is 22.4 Å². The highest BCUT2D eigenvalue weighted by Gasteiger charge is 2.26. The second-order valence-corrected chi connectivity index (χ2v) is 8.77. The van der Waals surface area contributed by atoms with Crippen LogP contribution in [0.25, 0.3) is 17.3 Å². The topological polar surface area (TPSA) is 84.5 Å². The maximum absolute atomic E-state index is 12.9. The first-order valence-electron chi connectivity index (χ1n) is 11.9. The zero-order chi connectivity index (χ0) is 24.9. The van der Waals surface area contributed by atoms with E-state index in [1.807, 2.05) is 65.5 Å². The maximum atomic E-state index is 12.9. The average molecular weight is 482 g/mol. The van der Waals surface area contributed by atoms with Crippen molar-refractivity contribution in [3.8, 4) is 11.3 Å². The monoisotopic (exact) mass is 481 g/mol. The molecule has 0 radical (unpaired) electrons. The van der Waals surface area contributed by atoms with Crippen LogP contribution in [0, 0.1) is 6.92 Å². The van der Waals surface area contributed by atoms with E-state index in [2.05, 4.69) is 17.3 Å². The van der Waals surface area contributed by atoms with Gasteiger partial charge in [0.1, 0.15) is 0 Å². The fraction of sp³-hybridized carbons (Fsp3) is 0.214. The van der Waals surface area contributed by atoms with E-state index in [4.69, 9.17) is 9.62 Å². The van der Waals surface area contributed by atoms with E-state index in [-0.39, 0.29) is 17.6 Å². The lowest BCUT2D eigenvalue weighted by molar-refractivity contribution is -0.127. The summed E-state index contributed by atoms with van der Waals surface area (Å²) in [6.07, 6.45) is 5.39. The number of carbonyl (C=O) groups excluding carboxylic acids is 2. The van der Waals surface area contributed by atoms with Crippen LogP contribution in [0.15, 0.2) is 83.5 Å². The van der Waals surface area contributed by atoms with Crippen molar-refractivity contribution in [2.24, 2.45) is 0 Å². The lowest BCUT2D eigenvalue weighted by Crippen LogP contribution is -2.50. The summed E-state index contributed by atoms with van der Waals surface area (Å²) in [5, 5.41) is 8.59. The molecule has 0 spiro atoms. The van der Waals surface area contributed by atoms with Crippen molar-refractivity contribution in [3.05, 3.63) is 102 Å². The fourth-order valence-corrected chi connectivity index (χ4v) is 4.25. The predicted octanol–water partition coefficient (Wildman–Crippen LogP) is 3.89. The van der Waals surface area contributed by atoms with Gasteiger partial charge < -0.3 is 14.3 Å². The molecule has 8 nitrogen and oxygen atoms in total. The molecule has 2 aromatic carbocycles. The van der Waals surface area contributed by atoms with Gasteiger partial charge in [0.2, 0.25) is 11.7 Å². The van der Waals surface area contributed by atoms with Crippen LogP contribution in [0.1, 0.15) is 27.4 Å². The van der Waals surface area contributed by atoms with Crippen molar-refractivity contribution in [2.75, 3.05) is 26.2 Å². The lowest BCUT2D eigenvalue weighted by Gasteiger charge is -2.33. The molecule has 2 aromatic heterocycles. The van der Waals surface area contributed by atoms with Crippen LogP contribution in [0.4, 0.5) is 0 Å². The van der Waals surface area contributed by atoms with Crippen LogP contribution < -0.4 is 0 Å². The van der Waals surface area contributed by atoms with Crippen LogP contribution >= 0.6 is 0 Å². The summed E-state index contributed by atoms with van der Waals surface area (Å²) < 4.78 is 6.99. The van der Waals surface area contributed by atoms with E-state index < -0.39 is 0 Å². The predicted molar refractivity (Wildman–Crippen MR) is 136 cm³/mol. The minimum Gasteiger partial charge on any atom is -0.351 e. The summed E-state index contributed by atoms with van der Waals surface area (Å²) in [6.45, 7) is 4.23. The van der Waals surface area contributed by atoms with E-state index in [1.165, 1.54) is 0 Å². The number of aromatic nitrogens is 3. The van der Waals surface area contributed by atoms with Crippen LogP contribution in [-0.2, 0) is 11.3 Å². The first-order valence-corrected chi connectivity index (χ1v) is 11.9. The van der Waals surface area contributed by atoms with Gasteiger partial charge >= 0.3 is 0 Å². The summed E-state index contributed by atoms with van der Waals surface area (Å²) in [6, 6.07) is 21.7. The summed E-state index contributed by atoms with van der Waals surface area (Å²) >= 11 is 0. The second-order valence-electron chi connectivity index (χ2n) is 8.77. The molecule has 1 aliphatic heterocycles. The number of hydrogen-bond acceptors (Lipinski definition) is 5. The van der Waals surface area contributed by atoms with Crippen molar-refractivity contribution in [2.45, 2.75) is 13.5 Å². The molecule has 0 atom stereocenters. The molecular weight excluding hydrogens is 454 g/mol. The Balaban J connectivity index is 1.28. The average Bonchev–Trinajstić information content (AvgIpc) is 3.54. The summed E-state index contributed by atoms with van der Waals surface area (Å²) in [5.74, 6) is -0.0582. The zero-order valence-corrected chi connectivity index (χ0v) is 20.1. The Morgan fingerprint density at radius 2 is 1.61 bits per heavy atom. The highest BCUT2D eigenvalue weighted by Crippen LogP contribution is 2.24. The molecule has 1 aliphatic rings. The molecule has 0 bridgehead atoms. The number of hydrogen-bond donors (Lipinski definition) is 0. The standard InChI is InChI=1S/C28H27N5O3/c1-21-18-25(36-30-21)28(35)32-16-14-31(15-17-32)26(34)13-12-24-20-33(19-22-8-4-2-5-9-22)29-27(24)23-10-6-3-7-11-23/h2-13,18,20H,14-17,19H2,1H3/b13-12+. The first kappa shape index (κ1) is 23.3. The number of rotatable bonds is 6. The zero-order valence-electron chi connectivity index (χ0n) is 20.1. The molecule has 182 valence electrons. The lowest BCUT2D eigenvalue weighted by atomic mass is 10.1. The largest absolute Gasteiger partial charge is 0.351 e. The number of piperazine rings is 1. The third-order valence-electron chi connectivity index (χ3n) is 6.15. The molecule has 4 aromatic rings. The van der Waals surface area contributed by atoms with Gasteiger partial charge in [0.15, 0.2) is 0 Å². The molecule has 0 saturated carbocycles. The van der Waals surface area contributed by atoms with Crippen molar-refractivity contribution < 1.29 is 14.1 Å². The fourth-order valence-electron chi connectivity index (χ4n) is 4.25. The van der Waals surface area contributed by atoms with Crippen molar-refractivity contribution in [1.29, 1.82) is 0 Å². The van der Waals surface area contributed by atoms with Gasteiger partial charge in [0.05, 0.1) is 17.9 Å². The molecule has 5 rings (SSSR count). The molecule has 1 fully saturated rings. The van der Waals surface area contributed by atoms with Gasteiger partial charge in [-0.25, -0.2) is 0 Å². The third kappa shape index (κ3) is 5.27. The number of benzene rings is 2. The van der Waals surface area contributed by atoms with Gasteiger partial charge in [-0.2, -0.15) is 5.10 Å². The Hall–Kier alpha value is -4.46. The number of carbonyl (C=O) groups is 2. The minimum absolute atomic E-state index is 0.0903. The Kier molecular flexibility index (Phi) is 6.75. The van der Waals surface area contributed by atoms with E-state index in [0.29, 0.717) is 38.4 Å². The van der Waals surface area contributed by atoms with Gasteiger partial charge in [0, 0.05) is 55.6 Å². The Bertz CT molecular complexity index is 1370. The van der Waals surface area contributed by atoms with Gasteiger partial charge in [-0.15, -0.1) is 0 Å². The van der Waals surface area contributed by atoms with E-state index in [9.17, 15) is 9.59 Å². The van der Waals surface area contributed by atoms with Crippen molar-refractivity contribution in [3.63, 3.8) is 0 Å². The van der Waals surface area contributed by atoms with Crippen molar-refractivity contribution >= 4 is 17.9 Å². The normalized spacial score (nSPS) is 13.9. The quantitative estimate of drug-likeness (QED) is 0.390. The molecule has 1 saturated heterocycles. The Morgan fingerprint density at radius 1 is 0.944 bits per heavy atom. The highest BCUT2D eigenvalue weighted by atomic mass is 16.5. The molecule has 36 heavy (non-hydrogen) atoms. The Morgan fingerprint density at radius 3 is 2.28 bits per heavy atom. The molecule has 2 amide bonds. The SMILES string of the molecule is Cc1cc(C(=O)N2CCN(C(=O)/C=C/c3cn(Cc4ccccc4)nc3-c3ccccc3)CC2)on1. The molecule has 0 unspecified atom stereocenters. The summed E-state index contributed by atoms with van der Waals surface area (Å²) in [5.41, 5.74) is 4.51. The molecule has 3 heterocycles. The number of aryl methyl sites for hydroxylation is 1. The summed E-state index contributed by atoms with van der Waals surface area (Å²) in [7, 11) is 0. The maximum Gasteiger partial charge on any atom is 0.292 e. The summed E-state index contributed by atoms with van der Waals surface area (Å²) in [4.78, 5) is 29.0. The molecule has 0 aliphatic carbocycles. The molecule has 0 N–H and O–H groups in total. The van der Waals surface area contributed by atoms with E-state index in [1.54, 1.807) is 28.9 Å². The first-order chi connectivity index (χ1) is 17.6.